The summed E-state index contributed by atoms with van der Waals surface area (Å²) in [4.78, 5) is 4.27. The van der Waals surface area contributed by atoms with Crippen molar-refractivity contribution < 1.29 is 0 Å². The fraction of sp³-hybridized carbons (Fsp3) is 0.750. The van der Waals surface area contributed by atoms with Crippen LogP contribution in [0.25, 0.3) is 0 Å². The Morgan fingerprint density at radius 3 is 2.60 bits per heavy atom. The Morgan fingerprint density at radius 1 is 1.53 bits per heavy atom. The molecule has 1 aromatic heterocycles. The lowest BCUT2D eigenvalue weighted by Gasteiger charge is -2.45. The molecule has 1 fully saturated rings. The molecule has 0 saturated heterocycles. The first-order valence-electron chi connectivity index (χ1n) is 5.82. The molecule has 2 rings (SSSR count). The summed E-state index contributed by atoms with van der Waals surface area (Å²) in [6, 6.07) is 0. The molecule has 0 radical (unpaired) electrons. The highest BCUT2D eigenvalue weighted by molar-refractivity contribution is 5.14. The van der Waals surface area contributed by atoms with Crippen molar-refractivity contribution in [3.63, 3.8) is 0 Å². The number of nitrogens with two attached hydrogens (primary N) is 1. The molecule has 84 valence electrons. The summed E-state index contributed by atoms with van der Waals surface area (Å²) in [6.07, 6.45) is 8.90. The van der Waals surface area contributed by atoms with Crippen molar-refractivity contribution in [1.29, 1.82) is 0 Å². The van der Waals surface area contributed by atoms with E-state index in [2.05, 4.69) is 16.5 Å². The lowest BCUT2D eigenvalue weighted by atomic mass is 9.74. The monoisotopic (exact) mass is 207 g/mol. The summed E-state index contributed by atoms with van der Waals surface area (Å²) in [5, 5.41) is 0. The number of hydrogen-bond donors (Lipinski definition) is 1. The Morgan fingerprint density at radius 2 is 2.20 bits per heavy atom. The highest BCUT2D eigenvalue weighted by Gasteiger charge is 2.39. The lowest BCUT2D eigenvalue weighted by Crippen LogP contribution is -2.44. The van der Waals surface area contributed by atoms with Crippen LogP contribution >= 0.6 is 0 Å². The maximum absolute atomic E-state index is 6.17. The van der Waals surface area contributed by atoms with E-state index in [4.69, 9.17) is 5.73 Å². The van der Waals surface area contributed by atoms with Crippen LogP contribution in [0.15, 0.2) is 12.5 Å². The van der Waals surface area contributed by atoms with Gasteiger partial charge in [-0.1, -0.05) is 6.92 Å². The third-order valence-electron chi connectivity index (χ3n) is 3.75. The fourth-order valence-corrected chi connectivity index (χ4v) is 2.50. The van der Waals surface area contributed by atoms with Gasteiger partial charge in [0.05, 0.1) is 23.8 Å². The topological polar surface area (TPSA) is 43.8 Å². The van der Waals surface area contributed by atoms with Crippen LogP contribution in [0.1, 0.15) is 52.1 Å². The number of nitrogens with zero attached hydrogens (tertiary/aromatic N) is 2. The first-order chi connectivity index (χ1) is 6.99. The Kier molecular flexibility index (Phi) is 2.38. The number of hydrogen-bond acceptors (Lipinski definition) is 2. The van der Waals surface area contributed by atoms with E-state index in [0.717, 1.165) is 5.69 Å². The molecule has 0 unspecified atom stereocenters. The van der Waals surface area contributed by atoms with Gasteiger partial charge in [-0.3, -0.25) is 0 Å². The molecule has 0 spiro atoms. The third-order valence-corrected chi connectivity index (χ3v) is 3.75. The SMILES string of the molecule is CCC1(n2cncc2C(C)(C)N)CCC1. The molecular weight excluding hydrogens is 186 g/mol. The second kappa shape index (κ2) is 3.34. The van der Waals surface area contributed by atoms with Crippen LogP contribution in [0.2, 0.25) is 0 Å². The molecule has 15 heavy (non-hydrogen) atoms. The average Bonchev–Trinajstić information content (AvgIpc) is 2.51. The van der Waals surface area contributed by atoms with Crippen molar-refractivity contribution in [2.75, 3.05) is 0 Å². The molecule has 1 heterocycles. The average molecular weight is 207 g/mol. The van der Waals surface area contributed by atoms with Gasteiger partial charge in [-0.15, -0.1) is 0 Å². The van der Waals surface area contributed by atoms with Crippen molar-refractivity contribution in [1.82, 2.24) is 9.55 Å². The zero-order valence-electron chi connectivity index (χ0n) is 9.95. The van der Waals surface area contributed by atoms with Crippen molar-refractivity contribution >= 4 is 0 Å². The van der Waals surface area contributed by atoms with E-state index in [0.29, 0.717) is 5.54 Å². The van der Waals surface area contributed by atoms with Gasteiger partial charge in [-0.25, -0.2) is 4.98 Å². The quantitative estimate of drug-likeness (QED) is 0.827. The maximum atomic E-state index is 6.17. The smallest absolute Gasteiger partial charge is 0.0954 e. The van der Waals surface area contributed by atoms with Gasteiger partial charge in [0.25, 0.3) is 0 Å². The maximum Gasteiger partial charge on any atom is 0.0954 e. The van der Waals surface area contributed by atoms with E-state index in [1.54, 1.807) is 0 Å². The number of imidazole rings is 1. The standard InChI is InChI=1S/C12H21N3/c1-4-12(6-5-7-12)15-9-14-8-10(15)11(2,3)13/h8-9H,4-7,13H2,1-3H3. The minimum atomic E-state index is -0.297. The molecule has 1 aliphatic carbocycles. The molecule has 0 aromatic carbocycles. The van der Waals surface area contributed by atoms with Crippen LogP contribution < -0.4 is 5.73 Å². The highest BCUT2D eigenvalue weighted by atomic mass is 15.1. The molecule has 1 aromatic rings. The van der Waals surface area contributed by atoms with Crippen molar-refractivity contribution in [2.24, 2.45) is 5.73 Å². The molecule has 1 aliphatic rings. The molecular formula is C12H21N3. The number of rotatable bonds is 3. The Labute approximate surface area is 91.7 Å². The predicted molar refractivity (Wildman–Crippen MR) is 61.6 cm³/mol. The summed E-state index contributed by atoms with van der Waals surface area (Å²) in [6.45, 7) is 6.34. The van der Waals surface area contributed by atoms with Crippen LogP contribution in [0.4, 0.5) is 0 Å². The van der Waals surface area contributed by atoms with Crippen LogP contribution in [0.5, 0.6) is 0 Å². The second-order valence-electron chi connectivity index (χ2n) is 5.30. The van der Waals surface area contributed by atoms with Gasteiger partial charge in [0.2, 0.25) is 0 Å². The predicted octanol–water partition coefficient (Wildman–Crippen LogP) is 2.37. The van der Waals surface area contributed by atoms with Gasteiger partial charge >= 0.3 is 0 Å². The van der Waals surface area contributed by atoms with Gasteiger partial charge in [-0.2, -0.15) is 0 Å². The molecule has 0 aliphatic heterocycles. The second-order valence-corrected chi connectivity index (χ2v) is 5.30. The van der Waals surface area contributed by atoms with E-state index in [-0.39, 0.29) is 5.54 Å². The summed E-state index contributed by atoms with van der Waals surface area (Å²) in [7, 11) is 0. The van der Waals surface area contributed by atoms with Gasteiger partial charge in [0.1, 0.15) is 0 Å². The molecule has 2 N–H and O–H groups in total. The van der Waals surface area contributed by atoms with E-state index >= 15 is 0 Å². The Balaban J connectivity index is 2.40. The van der Waals surface area contributed by atoms with E-state index in [1.165, 1.54) is 25.7 Å². The van der Waals surface area contributed by atoms with Crippen LogP contribution in [0.3, 0.4) is 0 Å². The van der Waals surface area contributed by atoms with Crippen molar-refractivity contribution in [3.8, 4) is 0 Å². The summed E-state index contributed by atoms with van der Waals surface area (Å²) < 4.78 is 2.32. The van der Waals surface area contributed by atoms with E-state index in [9.17, 15) is 0 Å². The fourth-order valence-electron chi connectivity index (χ4n) is 2.50. The zero-order chi connectivity index (χ0) is 11.1. The molecule has 0 atom stereocenters. The highest BCUT2D eigenvalue weighted by Crippen LogP contribution is 2.43. The molecule has 3 nitrogen and oxygen atoms in total. The van der Waals surface area contributed by atoms with E-state index < -0.39 is 0 Å². The van der Waals surface area contributed by atoms with Crippen LogP contribution in [-0.2, 0) is 11.1 Å². The minimum Gasteiger partial charge on any atom is -0.327 e. The Bertz CT molecular complexity index is 336. The number of aromatic nitrogens is 2. The molecule has 1 saturated carbocycles. The molecule has 3 heteroatoms. The first kappa shape index (κ1) is 10.7. The van der Waals surface area contributed by atoms with Crippen molar-refractivity contribution in [2.45, 2.75) is 57.5 Å². The Hall–Kier alpha value is -0.830. The van der Waals surface area contributed by atoms with Gasteiger partial charge < -0.3 is 10.3 Å². The largest absolute Gasteiger partial charge is 0.327 e. The van der Waals surface area contributed by atoms with Crippen LogP contribution in [-0.4, -0.2) is 9.55 Å². The summed E-state index contributed by atoms with van der Waals surface area (Å²) in [5.41, 5.74) is 7.34. The lowest BCUT2D eigenvalue weighted by molar-refractivity contribution is 0.127. The van der Waals surface area contributed by atoms with Gasteiger partial charge in [0, 0.05) is 5.54 Å². The summed E-state index contributed by atoms with van der Waals surface area (Å²) in [5.74, 6) is 0. The van der Waals surface area contributed by atoms with Crippen LogP contribution in [0, 0.1) is 0 Å². The van der Waals surface area contributed by atoms with E-state index in [1.807, 2.05) is 26.4 Å². The van der Waals surface area contributed by atoms with Gasteiger partial charge in [-0.05, 0) is 39.5 Å². The normalized spacial score (nSPS) is 20.0. The third kappa shape index (κ3) is 1.59. The molecule has 0 amide bonds. The van der Waals surface area contributed by atoms with Gasteiger partial charge in [0.15, 0.2) is 0 Å². The minimum absolute atomic E-state index is 0.297. The molecule has 0 bridgehead atoms. The summed E-state index contributed by atoms with van der Waals surface area (Å²) >= 11 is 0. The first-order valence-corrected chi connectivity index (χ1v) is 5.82. The zero-order valence-corrected chi connectivity index (χ0v) is 9.95. The van der Waals surface area contributed by atoms with Crippen molar-refractivity contribution in [3.05, 3.63) is 18.2 Å².